The van der Waals surface area contributed by atoms with Crippen molar-refractivity contribution in [2.45, 2.75) is 0 Å². The highest BCUT2D eigenvalue weighted by atomic mass is 16.5. The molecule has 0 saturated carbocycles. The molecule has 4 rings (SSSR count). The highest BCUT2D eigenvalue weighted by molar-refractivity contribution is 5.97. The van der Waals surface area contributed by atoms with E-state index in [0.717, 1.165) is 11.3 Å². The van der Waals surface area contributed by atoms with Gasteiger partial charge in [-0.05, 0) is 30.3 Å². The van der Waals surface area contributed by atoms with Crippen molar-refractivity contribution >= 4 is 11.9 Å². The Kier molecular flexibility index (Phi) is 5.14. The van der Waals surface area contributed by atoms with Gasteiger partial charge in [0, 0.05) is 50.3 Å². The highest BCUT2D eigenvalue weighted by Gasteiger charge is 2.25. The lowest BCUT2D eigenvalue weighted by atomic mass is 10.1. The number of para-hydroxylation sites is 1. The van der Waals surface area contributed by atoms with Crippen molar-refractivity contribution in [2.24, 2.45) is 0 Å². The van der Waals surface area contributed by atoms with Gasteiger partial charge in [-0.15, -0.1) is 0 Å². The number of methoxy groups -OCH3 is 1. The number of ether oxygens (including phenoxy) is 1. The van der Waals surface area contributed by atoms with Crippen LogP contribution in [0.25, 0.3) is 11.3 Å². The van der Waals surface area contributed by atoms with Crippen LogP contribution in [-0.2, 0) is 0 Å². The second kappa shape index (κ2) is 8.04. The van der Waals surface area contributed by atoms with E-state index >= 15 is 0 Å². The molecular formula is C21H21N5O2. The molecule has 0 spiro atoms. The van der Waals surface area contributed by atoms with Crippen LogP contribution in [0, 0.1) is 0 Å². The van der Waals surface area contributed by atoms with Crippen molar-refractivity contribution in [3.05, 3.63) is 66.6 Å². The van der Waals surface area contributed by atoms with Gasteiger partial charge in [0.05, 0.1) is 18.4 Å². The summed E-state index contributed by atoms with van der Waals surface area (Å²) in [6, 6.07) is 13.1. The van der Waals surface area contributed by atoms with E-state index in [-0.39, 0.29) is 5.91 Å². The monoisotopic (exact) mass is 375 g/mol. The van der Waals surface area contributed by atoms with Gasteiger partial charge in [0.25, 0.3) is 5.91 Å². The molecule has 0 radical (unpaired) electrons. The average molecular weight is 375 g/mol. The lowest BCUT2D eigenvalue weighted by molar-refractivity contribution is 0.0743. The van der Waals surface area contributed by atoms with E-state index < -0.39 is 0 Å². The number of nitrogens with zero attached hydrogens (tertiary/aromatic N) is 5. The molecule has 0 unspecified atom stereocenters. The molecule has 3 heterocycles. The number of benzene rings is 1. The predicted octanol–water partition coefficient (Wildman–Crippen LogP) is 2.51. The first-order valence-electron chi connectivity index (χ1n) is 9.17. The number of piperazine rings is 1. The third kappa shape index (κ3) is 3.64. The van der Waals surface area contributed by atoms with E-state index in [1.807, 2.05) is 35.2 Å². The van der Waals surface area contributed by atoms with Gasteiger partial charge < -0.3 is 14.5 Å². The van der Waals surface area contributed by atoms with Crippen molar-refractivity contribution in [1.82, 2.24) is 19.9 Å². The first kappa shape index (κ1) is 17.9. The molecule has 1 saturated heterocycles. The Morgan fingerprint density at radius 3 is 2.57 bits per heavy atom. The van der Waals surface area contributed by atoms with Crippen LogP contribution in [0.15, 0.2) is 61.1 Å². The normalized spacial score (nSPS) is 14.0. The van der Waals surface area contributed by atoms with Crippen LogP contribution in [0.2, 0.25) is 0 Å². The fourth-order valence-electron chi connectivity index (χ4n) is 3.28. The second-order valence-corrected chi connectivity index (χ2v) is 6.46. The third-order valence-corrected chi connectivity index (χ3v) is 4.79. The maximum atomic E-state index is 12.9. The van der Waals surface area contributed by atoms with E-state index in [1.54, 1.807) is 37.8 Å². The first-order chi connectivity index (χ1) is 13.8. The molecule has 1 aromatic carbocycles. The molecule has 1 aliphatic rings. The Labute approximate surface area is 163 Å². The molecule has 7 heteroatoms. The third-order valence-electron chi connectivity index (χ3n) is 4.79. The van der Waals surface area contributed by atoms with Gasteiger partial charge in [-0.3, -0.25) is 9.78 Å². The lowest BCUT2D eigenvalue weighted by Crippen LogP contribution is -2.49. The van der Waals surface area contributed by atoms with E-state index in [2.05, 4.69) is 19.9 Å². The zero-order valence-corrected chi connectivity index (χ0v) is 15.7. The Hall–Kier alpha value is -3.48. The van der Waals surface area contributed by atoms with Crippen molar-refractivity contribution in [3.8, 4) is 17.0 Å². The minimum atomic E-state index is -0.0119. The van der Waals surface area contributed by atoms with E-state index in [4.69, 9.17) is 4.74 Å². The summed E-state index contributed by atoms with van der Waals surface area (Å²) in [4.78, 5) is 30.0. The number of carbonyl (C=O) groups is 1. The minimum Gasteiger partial charge on any atom is -0.496 e. The van der Waals surface area contributed by atoms with Gasteiger partial charge in [-0.1, -0.05) is 12.1 Å². The average Bonchev–Trinajstić information content (AvgIpc) is 2.79. The van der Waals surface area contributed by atoms with E-state index in [9.17, 15) is 4.79 Å². The zero-order valence-electron chi connectivity index (χ0n) is 15.7. The van der Waals surface area contributed by atoms with Crippen LogP contribution in [0.5, 0.6) is 5.75 Å². The smallest absolute Gasteiger partial charge is 0.257 e. The Bertz CT molecular complexity index is 956. The number of carbonyl (C=O) groups excluding carboxylic acids is 1. The molecule has 1 fully saturated rings. The molecule has 7 nitrogen and oxygen atoms in total. The second-order valence-electron chi connectivity index (χ2n) is 6.46. The molecule has 28 heavy (non-hydrogen) atoms. The highest BCUT2D eigenvalue weighted by Crippen LogP contribution is 2.22. The van der Waals surface area contributed by atoms with Crippen LogP contribution < -0.4 is 9.64 Å². The fraction of sp³-hybridized carbons (Fsp3) is 0.238. The number of anilines is 1. The van der Waals surface area contributed by atoms with Crippen LogP contribution >= 0.6 is 0 Å². The lowest BCUT2D eigenvalue weighted by Gasteiger charge is -2.35. The Balaban J connectivity index is 1.45. The summed E-state index contributed by atoms with van der Waals surface area (Å²) in [5.41, 5.74) is 2.38. The standard InChI is InChI=1S/C21H21N5O2/c1-28-19-7-3-2-6-17(19)20(27)25-11-13-26(14-12-25)21-23-10-8-18(24-21)16-5-4-9-22-15-16/h2-10,15H,11-14H2,1H3. The van der Waals surface area contributed by atoms with Crippen molar-refractivity contribution < 1.29 is 9.53 Å². The SMILES string of the molecule is COc1ccccc1C(=O)N1CCN(c2nccc(-c3cccnc3)n2)CC1. The Morgan fingerprint density at radius 1 is 1.00 bits per heavy atom. The molecule has 1 aliphatic heterocycles. The topological polar surface area (TPSA) is 71.5 Å². The Morgan fingerprint density at radius 2 is 1.82 bits per heavy atom. The fourth-order valence-corrected chi connectivity index (χ4v) is 3.28. The number of aromatic nitrogens is 3. The largest absolute Gasteiger partial charge is 0.496 e. The molecule has 0 bridgehead atoms. The number of hydrogen-bond acceptors (Lipinski definition) is 6. The molecule has 3 aromatic rings. The van der Waals surface area contributed by atoms with Crippen LogP contribution in [0.3, 0.4) is 0 Å². The number of pyridine rings is 1. The summed E-state index contributed by atoms with van der Waals surface area (Å²) < 4.78 is 5.32. The number of rotatable bonds is 4. The summed E-state index contributed by atoms with van der Waals surface area (Å²) in [5, 5.41) is 0. The number of hydrogen-bond donors (Lipinski definition) is 0. The van der Waals surface area contributed by atoms with Crippen molar-refractivity contribution in [3.63, 3.8) is 0 Å². The molecule has 0 N–H and O–H groups in total. The molecule has 0 atom stereocenters. The summed E-state index contributed by atoms with van der Waals surface area (Å²) in [5.74, 6) is 1.26. The zero-order chi connectivity index (χ0) is 19.3. The van der Waals surface area contributed by atoms with Gasteiger partial charge in [0.1, 0.15) is 5.75 Å². The maximum Gasteiger partial charge on any atom is 0.257 e. The molecule has 142 valence electrons. The van der Waals surface area contributed by atoms with Gasteiger partial charge in [0.2, 0.25) is 5.95 Å². The number of amides is 1. The molecule has 0 aliphatic carbocycles. The molecular weight excluding hydrogens is 354 g/mol. The quantitative estimate of drug-likeness (QED) is 0.698. The van der Waals surface area contributed by atoms with Crippen LogP contribution in [0.4, 0.5) is 5.95 Å². The van der Waals surface area contributed by atoms with E-state index in [0.29, 0.717) is 43.4 Å². The molecule has 2 aromatic heterocycles. The van der Waals surface area contributed by atoms with Crippen LogP contribution in [-0.4, -0.2) is 59.0 Å². The predicted molar refractivity (Wildman–Crippen MR) is 106 cm³/mol. The van der Waals surface area contributed by atoms with Gasteiger partial charge in [-0.25, -0.2) is 9.97 Å². The first-order valence-corrected chi connectivity index (χ1v) is 9.17. The van der Waals surface area contributed by atoms with Gasteiger partial charge in [0.15, 0.2) is 0 Å². The summed E-state index contributed by atoms with van der Waals surface area (Å²) in [6.07, 6.45) is 5.29. The summed E-state index contributed by atoms with van der Waals surface area (Å²) in [7, 11) is 1.58. The van der Waals surface area contributed by atoms with E-state index in [1.165, 1.54) is 0 Å². The van der Waals surface area contributed by atoms with Gasteiger partial charge in [-0.2, -0.15) is 0 Å². The van der Waals surface area contributed by atoms with Gasteiger partial charge >= 0.3 is 0 Å². The minimum absolute atomic E-state index is 0.0119. The summed E-state index contributed by atoms with van der Waals surface area (Å²) >= 11 is 0. The maximum absolute atomic E-state index is 12.9. The van der Waals surface area contributed by atoms with Crippen molar-refractivity contribution in [1.29, 1.82) is 0 Å². The summed E-state index contributed by atoms with van der Waals surface area (Å²) in [6.45, 7) is 2.57. The molecule has 1 amide bonds. The van der Waals surface area contributed by atoms with Crippen LogP contribution in [0.1, 0.15) is 10.4 Å². The van der Waals surface area contributed by atoms with Crippen molar-refractivity contribution in [2.75, 3.05) is 38.2 Å².